The normalized spacial score (nSPS) is 9.94. The third-order valence-corrected chi connectivity index (χ3v) is 3.53. The molecular weight excluding hydrogens is 252 g/mol. The molecule has 0 heterocycles. The summed E-state index contributed by atoms with van der Waals surface area (Å²) in [4.78, 5) is 0.0407. The van der Waals surface area contributed by atoms with Crippen LogP contribution >= 0.6 is 0 Å². The van der Waals surface area contributed by atoms with Crippen molar-refractivity contribution in [2.75, 3.05) is 12.4 Å². The van der Waals surface area contributed by atoms with E-state index in [-0.39, 0.29) is 16.2 Å². The zero-order chi connectivity index (χ0) is 13.6. The van der Waals surface area contributed by atoms with E-state index in [1.54, 1.807) is 24.3 Å². The number of allylic oxidation sites excluding steroid dienone is 1. The molecule has 0 fully saturated rings. The van der Waals surface area contributed by atoms with Gasteiger partial charge < -0.3 is 5.32 Å². The van der Waals surface area contributed by atoms with E-state index in [1.165, 1.54) is 19.2 Å². The predicted molar refractivity (Wildman–Crippen MR) is 65.6 cm³/mol. The van der Waals surface area contributed by atoms with Crippen molar-refractivity contribution in [2.45, 2.75) is 4.90 Å². The number of nitrogens with one attached hydrogen (secondary N) is 2. The molecule has 0 aliphatic rings. The molecule has 7 heteroatoms. The van der Waals surface area contributed by atoms with Crippen LogP contribution < -0.4 is 10.0 Å². The smallest absolute Gasteiger partial charge is 0.242 e. The van der Waals surface area contributed by atoms with Gasteiger partial charge in [-0.25, -0.2) is 13.1 Å². The van der Waals surface area contributed by atoms with Gasteiger partial charge in [0.05, 0.1) is 5.69 Å². The average molecular weight is 262 g/mol. The summed E-state index contributed by atoms with van der Waals surface area (Å²) in [5.41, 5.74) is 0.140. The van der Waals surface area contributed by atoms with Gasteiger partial charge in [0.1, 0.15) is 22.6 Å². The molecule has 1 rings (SSSR count). The van der Waals surface area contributed by atoms with Crippen LogP contribution in [0.2, 0.25) is 0 Å². The van der Waals surface area contributed by atoms with Crippen molar-refractivity contribution in [3.63, 3.8) is 0 Å². The highest BCUT2D eigenvalue weighted by atomic mass is 32.2. The number of nitriles is 2. The molecule has 0 unspecified atom stereocenters. The minimum Gasteiger partial charge on any atom is -0.359 e. The molecule has 92 valence electrons. The Kier molecular flexibility index (Phi) is 4.44. The Hall–Kier alpha value is -2.35. The van der Waals surface area contributed by atoms with E-state index < -0.39 is 10.0 Å². The van der Waals surface area contributed by atoms with E-state index in [4.69, 9.17) is 10.5 Å². The summed E-state index contributed by atoms with van der Waals surface area (Å²) >= 11 is 0. The van der Waals surface area contributed by atoms with Crippen molar-refractivity contribution in [3.8, 4) is 12.1 Å². The van der Waals surface area contributed by atoms with E-state index >= 15 is 0 Å². The van der Waals surface area contributed by atoms with Crippen LogP contribution in [0.4, 0.5) is 5.69 Å². The maximum Gasteiger partial charge on any atom is 0.242 e. The van der Waals surface area contributed by atoms with Gasteiger partial charge in [-0.2, -0.15) is 10.5 Å². The average Bonchev–Trinajstić information content (AvgIpc) is 2.40. The number of anilines is 1. The van der Waals surface area contributed by atoms with Crippen molar-refractivity contribution in [1.82, 2.24) is 4.72 Å². The fraction of sp³-hybridized carbons (Fsp3) is 0.0909. The second-order valence-corrected chi connectivity index (χ2v) is 4.98. The number of hydrogen-bond donors (Lipinski definition) is 2. The zero-order valence-corrected chi connectivity index (χ0v) is 10.3. The predicted octanol–water partition coefficient (Wildman–Crippen LogP) is 0.938. The first kappa shape index (κ1) is 13.7. The molecule has 0 saturated heterocycles. The van der Waals surface area contributed by atoms with Crippen LogP contribution in [0, 0.1) is 22.7 Å². The van der Waals surface area contributed by atoms with Crippen LogP contribution in [0.5, 0.6) is 0 Å². The minimum atomic E-state index is -3.60. The van der Waals surface area contributed by atoms with E-state index in [9.17, 15) is 8.42 Å². The Morgan fingerprint density at radius 2 is 1.89 bits per heavy atom. The summed E-state index contributed by atoms with van der Waals surface area (Å²) in [5.74, 6) is 0. The van der Waals surface area contributed by atoms with Crippen LogP contribution in [0.3, 0.4) is 0 Å². The maximum absolute atomic E-state index is 11.7. The maximum atomic E-state index is 11.7. The largest absolute Gasteiger partial charge is 0.359 e. The zero-order valence-electron chi connectivity index (χ0n) is 9.51. The Bertz CT molecular complexity index is 634. The Labute approximate surface area is 105 Å². The molecule has 0 radical (unpaired) electrons. The summed E-state index contributed by atoms with van der Waals surface area (Å²) in [6.07, 6.45) is 1.16. The van der Waals surface area contributed by atoms with Crippen LogP contribution in [0.25, 0.3) is 0 Å². The number of sulfonamides is 1. The van der Waals surface area contributed by atoms with Crippen molar-refractivity contribution in [2.24, 2.45) is 0 Å². The molecule has 0 aliphatic heterocycles. The number of para-hydroxylation sites is 1. The van der Waals surface area contributed by atoms with Gasteiger partial charge in [0.25, 0.3) is 0 Å². The first-order valence-corrected chi connectivity index (χ1v) is 6.33. The molecule has 1 aromatic carbocycles. The number of nitrogens with zero attached hydrogens (tertiary/aromatic N) is 2. The molecule has 1 aromatic rings. The lowest BCUT2D eigenvalue weighted by Gasteiger charge is -2.08. The summed E-state index contributed by atoms with van der Waals surface area (Å²) < 4.78 is 25.6. The van der Waals surface area contributed by atoms with E-state index in [2.05, 4.69) is 10.0 Å². The second kappa shape index (κ2) is 5.82. The topological polar surface area (TPSA) is 106 Å². The Morgan fingerprint density at radius 1 is 1.28 bits per heavy atom. The van der Waals surface area contributed by atoms with Gasteiger partial charge in [-0.3, -0.25) is 0 Å². The lowest BCUT2D eigenvalue weighted by Crippen LogP contribution is -2.19. The quantitative estimate of drug-likeness (QED) is 0.785. The minimum absolute atomic E-state index is 0.0407. The van der Waals surface area contributed by atoms with Gasteiger partial charge >= 0.3 is 0 Å². The van der Waals surface area contributed by atoms with Crippen molar-refractivity contribution in [3.05, 3.63) is 36.0 Å². The highest BCUT2D eigenvalue weighted by molar-refractivity contribution is 7.89. The Balaban J connectivity index is 3.18. The molecule has 6 nitrogen and oxygen atoms in total. The molecular formula is C11H10N4O2S. The molecule has 0 spiro atoms. The third-order valence-electron chi connectivity index (χ3n) is 2.06. The molecule has 0 amide bonds. The van der Waals surface area contributed by atoms with Crippen LogP contribution in [-0.4, -0.2) is 15.5 Å². The van der Waals surface area contributed by atoms with Crippen molar-refractivity contribution in [1.29, 1.82) is 10.5 Å². The van der Waals surface area contributed by atoms with Crippen molar-refractivity contribution >= 4 is 15.7 Å². The molecule has 0 aliphatic carbocycles. The van der Waals surface area contributed by atoms with Crippen LogP contribution in [-0.2, 0) is 10.0 Å². The van der Waals surface area contributed by atoms with Gasteiger partial charge in [-0.15, -0.1) is 0 Å². The lowest BCUT2D eigenvalue weighted by atomic mass is 10.3. The molecule has 0 bridgehead atoms. The third kappa shape index (κ3) is 3.08. The first-order valence-electron chi connectivity index (χ1n) is 4.84. The van der Waals surface area contributed by atoms with E-state index in [0.29, 0.717) is 0 Å². The van der Waals surface area contributed by atoms with Crippen LogP contribution in [0.15, 0.2) is 40.9 Å². The SMILES string of the molecule is CNS(=O)(=O)c1ccccc1NC=C(C#N)C#N. The second-order valence-electron chi connectivity index (χ2n) is 3.13. The van der Waals surface area contributed by atoms with E-state index in [0.717, 1.165) is 6.20 Å². The highest BCUT2D eigenvalue weighted by Crippen LogP contribution is 2.20. The van der Waals surface area contributed by atoms with Crippen LogP contribution in [0.1, 0.15) is 0 Å². The molecule has 0 aromatic heterocycles. The molecule has 18 heavy (non-hydrogen) atoms. The van der Waals surface area contributed by atoms with Gasteiger partial charge in [0.2, 0.25) is 10.0 Å². The van der Waals surface area contributed by atoms with Crippen molar-refractivity contribution < 1.29 is 8.42 Å². The lowest BCUT2D eigenvalue weighted by molar-refractivity contribution is 0.588. The molecule has 0 saturated carbocycles. The van der Waals surface area contributed by atoms with E-state index in [1.807, 2.05) is 0 Å². The summed E-state index contributed by atoms with van der Waals surface area (Å²) in [7, 11) is -2.29. The fourth-order valence-corrected chi connectivity index (χ4v) is 2.06. The number of benzene rings is 1. The monoisotopic (exact) mass is 262 g/mol. The number of hydrogen-bond acceptors (Lipinski definition) is 5. The molecule has 2 N–H and O–H groups in total. The summed E-state index contributed by atoms with van der Waals surface area (Å²) in [6, 6.07) is 9.51. The number of rotatable bonds is 4. The summed E-state index contributed by atoms with van der Waals surface area (Å²) in [6.45, 7) is 0. The van der Waals surface area contributed by atoms with Gasteiger partial charge in [0, 0.05) is 6.20 Å². The van der Waals surface area contributed by atoms with Gasteiger partial charge in [-0.1, -0.05) is 12.1 Å². The highest BCUT2D eigenvalue weighted by Gasteiger charge is 2.15. The fourth-order valence-electron chi connectivity index (χ4n) is 1.17. The Morgan fingerprint density at radius 3 is 2.44 bits per heavy atom. The molecule has 0 atom stereocenters. The first-order chi connectivity index (χ1) is 8.55. The summed E-state index contributed by atoms with van der Waals surface area (Å²) in [5, 5.41) is 19.8. The standard InChI is InChI=1S/C11H10N4O2S/c1-14-18(16,17)11-5-3-2-4-10(11)15-8-9(6-12)7-13/h2-5,8,14-15H,1H3. The van der Waals surface area contributed by atoms with Gasteiger partial charge in [0.15, 0.2) is 0 Å². The van der Waals surface area contributed by atoms with Gasteiger partial charge in [-0.05, 0) is 19.2 Å².